The van der Waals surface area contributed by atoms with E-state index < -0.39 is 5.92 Å². The molecule has 7 heteroatoms. The third-order valence-electron chi connectivity index (χ3n) is 3.93. The Morgan fingerprint density at radius 2 is 2.32 bits per heavy atom. The van der Waals surface area contributed by atoms with Crippen LogP contribution >= 0.6 is 11.3 Å². The molecule has 3 rings (SSSR count). The number of hydrogen-bond donors (Lipinski definition) is 1. The van der Waals surface area contributed by atoms with Gasteiger partial charge in [-0.3, -0.25) is 14.6 Å². The highest BCUT2D eigenvalue weighted by Crippen LogP contribution is 2.37. The minimum Gasteiger partial charge on any atom is -0.338 e. The van der Waals surface area contributed by atoms with Crippen LogP contribution in [0, 0.1) is 12.8 Å². The Kier molecular flexibility index (Phi) is 3.89. The van der Waals surface area contributed by atoms with Crippen molar-refractivity contribution >= 4 is 28.2 Å². The first-order chi connectivity index (χ1) is 10.6. The fourth-order valence-corrected chi connectivity index (χ4v) is 3.44. The maximum atomic E-state index is 12.6. The van der Waals surface area contributed by atoms with Gasteiger partial charge < -0.3 is 10.2 Å². The molecule has 2 aromatic rings. The lowest BCUT2D eigenvalue weighted by Crippen LogP contribution is -2.30. The van der Waals surface area contributed by atoms with E-state index in [2.05, 4.69) is 15.3 Å². The normalized spacial score (nSPS) is 21.2. The molecule has 0 aliphatic carbocycles. The number of aromatic nitrogens is 2. The molecular formula is C15H16N4O2S. The van der Waals surface area contributed by atoms with Crippen molar-refractivity contribution in [1.29, 1.82) is 0 Å². The molecule has 22 heavy (non-hydrogen) atoms. The standard InChI is InChI=1S/C15H16N4O2S/c1-9-15(22-8-17-9)18-14(21)11-6-12(20)19(2)13(11)10-4-3-5-16-7-10/h3-5,7-8,11,13H,6H2,1-2H3,(H,18,21)/t11-,13+/m0/s1. The molecule has 2 aromatic heterocycles. The van der Waals surface area contributed by atoms with E-state index >= 15 is 0 Å². The Labute approximate surface area is 132 Å². The Morgan fingerprint density at radius 3 is 2.95 bits per heavy atom. The number of hydrogen-bond acceptors (Lipinski definition) is 5. The summed E-state index contributed by atoms with van der Waals surface area (Å²) >= 11 is 1.38. The van der Waals surface area contributed by atoms with Gasteiger partial charge in [-0.25, -0.2) is 4.98 Å². The molecule has 1 aliphatic heterocycles. The van der Waals surface area contributed by atoms with E-state index in [4.69, 9.17) is 0 Å². The van der Waals surface area contributed by atoms with Crippen LogP contribution in [0.4, 0.5) is 5.00 Å². The van der Waals surface area contributed by atoms with Gasteiger partial charge in [-0.15, -0.1) is 11.3 Å². The maximum Gasteiger partial charge on any atom is 0.231 e. The molecule has 0 spiro atoms. The summed E-state index contributed by atoms with van der Waals surface area (Å²) in [5.74, 6) is -0.614. The third-order valence-corrected chi connectivity index (χ3v) is 4.78. The number of anilines is 1. The zero-order chi connectivity index (χ0) is 15.7. The van der Waals surface area contributed by atoms with Gasteiger partial charge in [0.15, 0.2) is 0 Å². The van der Waals surface area contributed by atoms with E-state index in [1.165, 1.54) is 11.3 Å². The SMILES string of the molecule is Cc1ncsc1NC(=O)[C@H]1CC(=O)N(C)[C@@H]1c1cccnc1. The fourth-order valence-electron chi connectivity index (χ4n) is 2.74. The van der Waals surface area contributed by atoms with E-state index in [-0.39, 0.29) is 24.3 Å². The fraction of sp³-hybridized carbons (Fsp3) is 0.333. The summed E-state index contributed by atoms with van der Waals surface area (Å²) in [6.45, 7) is 1.84. The van der Waals surface area contributed by atoms with Crippen molar-refractivity contribution in [2.24, 2.45) is 5.92 Å². The molecule has 1 aliphatic rings. The number of carbonyl (C=O) groups excluding carboxylic acids is 2. The van der Waals surface area contributed by atoms with Crippen LogP contribution in [0.15, 0.2) is 30.0 Å². The van der Waals surface area contributed by atoms with E-state index in [1.54, 1.807) is 29.9 Å². The van der Waals surface area contributed by atoms with Crippen molar-refractivity contribution in [3.8, 4) is 0 Å². The van der Waals surface area contributed by atoms with Crippen molar-refractivity contribution in [3.63, 3.8) is 0 Å². The van der Waals surface area contributed by atoms with Crippen LogP contribution in [0.25, 0.3) is 0 Å². The number of aryl methyl sites for hydroxylation is 1. The topological polar surface area (TPSA) is 75.2 Å². The number of pyridine rings is 1. The Bertz CT molecular complexity index is 701. The first-order valence-electron chi connectivity index (χ1n) is 6.94. The smallest absolute Gasteiger partial charge is 0.231 e. The van der Waals surface area contributed by atoms with Crippen LogP contribution in [0.2, 0.25) is 0 Å². The molecule has 3 heterocycles. The summed E-state index contributed by atoms with van der Waals surface area (Å²) in [6, 6.07) is 3.42. The molecule has 1 N–H and O–H groups in total. The number of rotatable bonds is 3. The average Bonchev–Trinajstić information content (AvgIpc) is 3.05. The van der Waals surface area contributed by atoms with Gasteiger partial charge in [-0.1, -0.05) is 6.07 Å². The van der Waals surface area contributed by atoms with E-state index in [0.717, 1.165) is 16.3 Å². The van der Waals surface area contributed by atoms with Crippen LogP contribution in [-0.4, -0.2) is 33.7 Å². The maximum absolute atomic E-state index is 12.6. The molecule has 0 saturated carbocycles. The lowest BCUT2D eigenvalue weighted by molar-refractivity contribution is -0.127. The average molecular weight is 316 g/mol. The molecule has 2 amide bonds. The number of nitrogens with zero attached hydrogens (tertiary/aromatic N) is 3. The van der Waals surface area contributed by atoms with Crippen LogP contribution in [0.3, 0.4) is 0 Å². The summed E-state index contributed by atoms with van der Waals surface area (Å²) in [6.07, 6.45) is 3.59. The molecule has 6 nitrogen and oxygen atoms in total. The van der Waals surface area contributed by atoms with Crippen molar-refractivity contribution in [3.05, 3.63) is 41.3 Å². The van der Waals surface area contributed by atoms with Crippen molar-refractivity contribution < 1.29 is 9.59 Å². The highest BCUT2D eigenvalue weighted by Gasteiger charge is 2.42. The summed E-state index contributed by atoms with van der Waals surface area (Å²) < 4.78 is 0. The van der Waals surface area contributed by atoms with Crippen LogP contribution in [0.5, 0.6) is 0 Å². The molecule has 1 fully saturated rings. The first kappa shape index (κ1) is 14.6. The number of thiazole rings is 1. The third kappa shape index (κ3) is 2.59. The summed E-state index contributed by atoms with van der Waals surface area (Å²) in [5.41, 5.74) is 3.35. The zero-order valence-electron chi connectivity index (χ0n) is 12.3. The quantitative estimate of drug-likeness (QED) is 0.940. The van der Waals surface area contributed by atoms with Crippen molar-refractivity contribution in [1.82, 2.24) is 14.9 Å². The summed E-state index contributed by atoms with van der Waals surface area (Å²) in [4.78, 5) is 34.5. The van der Waals surface area contributed by atoms with Crippen molar-refractivity contribution in [2.45, 2.75) is 19.4 Å². The highest BCUT2D eigenvalue weighted by atomic mass is 32.1. The molecule has 0 radical (unpaired) electrons. The minimum atomic E-state index is -0.428. The predicted molar refractivity (Wildman–Crippen MR) is 83.3 cm³/mol. The summed E-state index contributed by atoms with van der Waals surface area (Å²) in [7, 11) is 1.73. The van der Waals surface area contributed by atoms with Gasteiger partial charge in [0.25, 0.3) is 0 Å². The lowest BCUT2D eigenvalue weighted by Gasteiger charge is -2.24. The molecule has 114 valence electrons. The molecule has 0 unspecified atom stereocenters. The second-order valence-corrected chi connectivity index (χ2v) is 6.16. The minimum absolute atomic E-state index is 0.0324. The predicted octanol–water partition coefficient (Wildman–Crippen LogP) is 2.00. The van der Waals surface area contributed by atoms with Gasteiger partial charge in [-0.05, 0) is 18.6 Å². The Balaban J connectivity index is 1.86. The second-order valence-electron chi connectivity index (χ2n) is 5.30. The number of likely N-dealkylation sites (tertiary alicyclic amines) is 1. The van der Waals surface area contributed by atoms with Gasteiger partial charge in [0.2, 0.25) is 11.8 Å². The van der Waals surface area contributed by atoms with Crippen LogP contribution in [-0.2, 0) is 9.59 Å². The van der Waals surface area contributed by atoms with E-state index in [0.29, 0.717) is 0 Å². The van der Waals surface area contributed by atoms with Crippen LogP contribution < -0.4 is 5.32 Å². The van der Waals surface area contributed by atoms with E-state index in [1.807, 2.05) is 19.1 Å². The van der Waals surface area contributed by atoms with Gasteiger partial charge in [-0.2, -0.15) is 0 Å². The molecule has 1 saturated heterocycles. The Hall–Kier alpha value is -2.28. The summed E-state index contributed by atoms with van der Waals surface area (Å²) in [5, 5.41) is 3.62. The lowest BCUT2D eigenvalue weighted by atomic mass is 9.94. The monoisotopic (exact) mass is 316 g/mol. The zero-order valence-corrected chi connectivity index (χ0v) is 13.1. The van der Waals surface area contributed by atoms with Crippen molar-refractivity contribution in [2.75, 3.05) is 12.4 Å². The molecule has 2 atom stereocenters. The van der Waals surface area contributed by atoms with Gasteiger partial charge in [0.1, 0.15) is 5.00 Å². The largest absolute Gasteiger partial charge is 0.338 e. The van der Waals surface area contributed by atoms with E-state index in [9.17, 15) is 9.59 Å². The number of amides is 2. The second kappa shape index (κ2) is 5.84. The number of carbonyl (C=O) groups is 2. The Morgan fingerprint density at radius 1 is 1.50 bits per heavy atom. The molecule has 0 bridgehead atoms. The number of nitrogens with one attached hydrogen (secondary N) is 1. The first-order valence-corrected chi connectivity index (χ1v) is 7.82. The van der Waals surface area contributed by atoms with Gasteiger partial charge >= 0.3 is 0 Å². The van der Waals surface area contributed by atoms with Crippen LogP contribution in [0.1, 0.15) is 23.7 Å². The highest BCUT2D eigenvalue weighted by molar-refractivity contribution is 7.14. The molecular weight excluding hydrogens is 300 g/mol. The molecule has 0 aromatic carbocycles. The van der Waals surface area contributed by atoms with Gasteiger partial charge in [0, 0.05) is 25.9 Å². The van der Waals surface area contributed by atoms with Gasteiger partial charge in [0.05, 0.1) is 23.2 Å².